The number of sulfonamides is 1. The Bertz CT molecular complexity index is 1240. The lowest BCUT2D eigenvalue weighted by atomic mass is 10.0. The van der Waals surface area contributed by atoms with Crippen LogP contribution in [0.4, 0.5) is 5.69 Å². The number of piperazine rings is 1. The molecule has 0 aliphatic carbocycles. The lowest BCUT2D eigenvalue weighted by Gasteiger charge is -2.33. The SMILES string of the molecule is CCN1CCN(S(=O)(=O)c2cccc(NC(=O)Cc3coc4c(C)c(C)ccc34)c2)CC1. The van der Waals surface area contributed by atoms with Gasteiger partial charge in [0.05, 0.1) is 17.6 Å². The van der Waals surface area contributed by atoms with E-state index in [9.17, 15) is 13.2 Å². The predicted octanol–water partition coefficient (Wildman–Crippen LogP) is 3.56. The van der Waals surface area contributed by atoms with E-state index in [0.717, 1.165) is 47.3 Å². The molecule has 8 heteroatoms. The first kappa shape index (κ1) is 22.5. The standard InChI is InChI=1S/C24H29N3O4S/c1-4-26-10-12-27(13-11-26)32(29,30)21-7-5-6-20(15-21)25-23(28)14-19-16-31-24-18(3)17(2)8-9-22(19)24/h5-9,15-16H,4,10-14H2,1-3H3,(H,25,28). The van der Waals surface area contributed by atoms with Crippen LogP contribution in [0.5, 0.6) is 0 Å². The number of fused-ring (bicyclic) bond motifs is 1. The maximum Gasteiger partial charge on any atom is 0.243 e. The summed E-state index contributed by atoms with van der Waals surface area (Å²) >= 11 is 0. The zero-order valence-electron chi connectivity index (χ0n) is 18.7. The monoisotopic (exact) mass is 455 g/mol. The third-order valence-electron chi connectivity index (χ3n) is 6.23. The molecule has 1 N–H and O–H groups in total. The average molecular weight is 456 g/mol. The van der Waals surface area contributed by atoms with Crippen molar-refractivity contribution in [3.05, 3.63) is 59.4 Å². The number of aryl methyl sites for hydroxylation is 2. The second-order valence-electron chi connectivity index (χ2n) is 8.24. The number of furan rings is 1. The van der Waals surface area contributed by atoms with Gasteiger partial charge in [0, 0.05) is 42.8 Å². The van der Waals surface area contributed by atoms with Crippen molar-refractivity contribution in [3.63, 3.8) is 0 Å². The highest BCUT2D eigenvalue weighted by Gasteiger charge is 2.28. The van der Waals surface area contributed by atoms with E-state index < -0.39 is 10.0 Å². The molecule has 0 unspecified atom stereocenters. The van der Waals surface area contributed by atoms with Crippen molar-refractivity contribution in [1.82, 2.24) is 9.21 Å². The smallest absolute Gasteiger partial charge is 0.243 e. The highest BCUT2D eigenvalue weighted by Crippen LogP contribution is 2.27. The fourth-order valence-electron chi connectivity index (χ4n) is 4.07. The van der Waals surface area contributed by atoms with Crippen molar-refractivity contribution >= 4 is 32.6 Å². The van der Waals surface area contributed by atoms with E-state index in [4.69, 9.17) is 4.42 Å². The number of hydrogen-bond acceptors (Lipinski definition) is 5. The number of carbonyl (C=O) groups is 1. The van der Waals surface area contributed by atoms with Crippen LogP contribution in [-0.4, -0.2) is 56.3 Å². The molecular weight excluding hydrogens is 426 g/mol. The van der Waals surface area contributed by atoms with Gasteiger partial charge in [0.1, 0.15) is 5.58 Å². The fourth-order valence-corrected chi connectivity index (χ4v) is 5.54. The summed E-state index contributed by atoms with van der Waals surface area (Å²) in [5.41, 5.74) is 4.26. The molecule has 3 aromatic rings. The molecule has 1 aliphatic rings. The zero-order chi connectivity index (χ0) is 22.9. The van der Waals surface area contributed by atoms with Gasteiger partial charge < -0.3 is 14.6 Å². The average Bonchev–Trinajstić information content (AvgIpc) is 3.19. The van der Waals surface area contributed by atoms with E-state index >= 15 is 0 Å². The molecule has 2 heterocycles. The van der Waals surface area contributed by atoms with E-state index in [1.165, 1.54) is 10.4 Å². The van der Waals surface area contributed by atoms with Crippen LogP contribution in [0.25, 0.3) is 11.0 Å². The van der Waals surface area contributed by atoms with E-state index in [1.54, 1.807) is 24.5 Å². The minimum Gasteiger partial charge on any atom is -0.464 e. The number of rotatable bonds is 6. The Hall–Kier alpha value is -2.68. The summed E-state index contributed by atoms with van der Waals surface area (Å²) in [5.74, 6) is -0.225. The summed E-state index contributed by atoms with van der Waals surface area (Å²) in [4.78, 5) is 15.1. The first-order valence-electron chi connectivity index (χ1n) is 10.9. The second-order valence-corrected chi connectivity index (χ2v) is 10.2. The number of hydrogen-bond donors (Lipinski definition) is 1. The number of anilines is 1. The van der Waals surface area contributed by atoms with Gasteiger partial charge in [0.25, 0.3) is 0 Å². The van der Waals surface area contributed by atoms with Crippen molar-refractivity contribution in [2.45, 2.75) is 32.1 Å². The number of amides is 1. The van der Waals surface area contributed by atoms with E-state index in [1.807, 2.05) is 26.0 Å². The highest BCUT2D eigenvalue weighted by molar-refractivity contribution is 7.89. The van der Waals surface area contributed by atoms with Gasteiger partial charge in [-0.1, -0.05) is 25.1 Å². The van der Waals surface area contributed by atoms with Crippen LogP contribution in [0.1, 0.15) is 23.6 Å². The predicted molar refractivity (Wildman–Crippen MR) is 125 cm³/mol. The second kappa shape index (κ2) is 9.05. The number of nitrogens with zero attached hydrogens (tertiary/aromatic N) is 2. The Labute approximate surface area is 189 Å². The van der Waals surface area contributed by atoms with Crippen LogP contribution in [0, 0.1) is 13.8 Å². The third kappa shape index (κ3) is 4.44. The maximum absolute atomic E-state index is 13.1. The Balaban J connectivity index is 1.47. The molecule has 7 nitrogen and oxygen atoms in total. The highest BCUT2D eigenvalue weighted by atomic mass is 32.2. The summed E-state index contributed by atoms with van der Waals surface area (Å²) in [6, 6.07) is 10.4. The molecule has 0 saturated carbocycles. The fraction of sp³-hybridized carbons (Fsp3) is 0.375. The largest absolute Gasteiger partial charge is 0.464 e. The first-order chi connectivity index (χ1) is 15.3. The zero-order valence-corrected chi connectivity index (χ0v) is 19.5. The quantitative estimate of drug-likeness (QED) is 0.615. The summed E-state index contributed by atoms with van der Waals surface area (Å²) in [6.07, 6.45) is 1.76. The van der Waals surface area contributed by atoms with Crippen LogP contribution >= 0.6 is 0 Å². The summed E-state index contributed by atoms with van der Waals surface area (Å²) < 4.78 is 33.3. The van der Waals surface area contributed by atoms with Gasteiger partial charge in [-0.15, -0.1) is 0 Å². The first-order valence-corrected chi connectivity index (χ1v) is 12.3. The number of likely N-dealkylation sites (N-methyl/N-ethyl adjacent to an activating group) is 1. The normalized spacial score (nSPS) is 15.8. The van der Waals surface area contributed by atoms with Crippen LogP contribution in [0.15, 0.2) is 52.0 Å². The van der Waals surface area contributed by atoms with Gasteiger partial charge >= 0.3 is 0 Å². The van der Waals surface area contributed by atoms with Gasteiger partial charge in [-0.25, -0.2) is 8.42 Å². The molecule has 2 aromatic carbocycles. The summed E-state index contributed by atoms with van der Waals surface area (Å²) in [5, 5.41) is 3.75. The molecule has 32 heavy (non-hydrogen) atoms. The van der Waals surface area contributed by atoms with E-state index in [-0.39, 0.29) is 17.2 Å². The van der Waals surface area contributed by atoms with Gasteiger partial charge in [0.2, 0.25) is 15.9 Å². The number of carbonyl (C=O) groups excluding carboxylic acids is 1. The van der Waals surface area contributed by atoms with Crippen molar-refractivity contribution in [1.29, 1.82) is 0 Å². The number of nitrogens with one attached hydrogen (secondary N) is 1. The molecular formula is C24H29N3O4S. The van der Waals surface area contributed by atoms with E-state index in [0.29, 0.717) is 18.8 Å². The third-order valence-corrected chi connectivity index (χ3v) is 8.12. The molecule has 1 saturated heterocycles. The Kier molecular flexibility index (Phi) is 6.37. The number of benzene rings is 2. The molecule has 1 aromatic heterocycles. The topological polar surface area (TPSA) is 82.9 Å². The summed E-state index contributed by atoms with van der Waals surface area (Å²) in [7, 11) is -3.60. The lowest BCUT2D eigenvalue weighted by molar-refractivity contribution is -0.115. The summed E-state index contributed by atoms with van der Waals surface area (Å²) in [6.45, 7) is 9.41. The van der Waals surface area contributed by atoms with Crippen molar-refractivity contribution in [2.75, 3.05) is 38.0 Å². The minimum atomic E-state index is -3.60. The Morgan fingerprint density at radius 1 is 1.09 bits per heavy atom. The molecule has 0 atom stereocenters. The van der Waals surface area contributed by atoms with Crippen LogP contribution in [-0.2, 0) is 21.2 Å². The molecule has 1 aliphatic heterocycles. The lowest BCUT2D eigenvalue weighted by Crippen LogP contribution is -2.48. The molecule has 1 fully saturated rings. The molecule has 170 valence electrons. The maximum atomic E-state index is 13.1. The minimum absolute atomic E-state index is 0.144. The Morgan fingerprint density at radius 3 is 2.56 bits per heavy atom. The van der Waals surface area contributed by atoms with Crippen molar-refractivity contribution < 1.29 is 17.6 Å². The molecule has 0 radical (unpaired) electrons. The van der Waals surface area contributed by atoms with Crippen LogP contribution in [0.2, 0.25) is 0 Å². The van der Waals surface area contributed by atoms with Gasteiger partial charge in [-0.05, 0) is 49.7 Å². The molecule has 0 spiro atoms. The van der Waals surface area contributed by atoms with Crippen molar-refractivity contribution in [3.8, 4) is 0 Å². The van der Waals surface area contributed by atoms with Crippen LogP contribution < -0.4 is 5.32 Å². The molecule has 4 rings (SSSR count). The van der Waals surface area contributed by atoms with Crippen LogP contribution in [0.3, 0.4) is 0 Å². The van der Waals surface area contributed by atoms with Gasteiger partial charge in [-0.2, -0.15) is 4.31 Å². The molecule has 0 bridgehead atoms. The Morgan fingerprint density at radius 2 is 1.84 bits per heavy atom. The van der Waals surface area contributed by atoms with Crippen molar-refractivity contribution in [2.24, 2.45) is 0 Å². The van der Waals surface area contributed by atoms with Gasteiger partial charge in [-0.3, -0.25) is 4.79 Å². The van der Waals surface area contributed by atoms with Gasteiger partial charge in [0.15, 0.2) is 0 Å². The molecule has 1 amide bonds. The van der Waals surface area contributed by atoms with E-state index in [2.05, 4.69) is 17.1 Å².